The minimum absolute atomic E-state index is 0.193. The fourth-order valence-corrected chi connectivity index (χ4v) is 2.92. The van der Waals surface area contributed by atoms with Crippen molar-refractivity contribution in [1.82, 2.24) is 0 Å². The Kier molecular flexibility index (Phi) is 3.39. The number of rotatable bonds is 5. The quantitative estimate of drug-likeness (QED) is 0.812. The van der Waals surface area contributed by atoms with Crippen LogP contribution < -0.4 is 0 Å². The summed E-state index contributed by atoms with van der Waals surface area (Å²) in [5.41, 5.74) is 0.513. The van der Waals surface area contributed by atoms with Crippen LogP contribution in [0.1, 0.15) is 29.6 Å². The normalized spacial score (nSPS) is 16.2. The van der Waals surface area contributed by atoms with Crippen LogP contribution in [-0.4, -0.2) is 16.8 Å². The van der Waals surface area contributed by atoms with Crippen LogP contribution in [-0.2, 0) is 0 Å². The molecule has 0 aliphatic heterocycles. The zero-order valence-corrected chi connectivity index (χ0v) is 10.2. The van der Waals surface area contributed by atoms with Crippen molar-refractivity contribution in [2.75, 3.05) is 5.75 Å². The van der Waals surface area contributed by atoms with Crippen LogP contribution in [0.2, 0.25) is 0 Å². The molecule has 1 aliphatic carbocycles. The minimum Gasteiger partial charge on any atom is -0.478 e. The third kappa shape index (κ3) is 3.01. The van der Waals surface area contributed by atoms with Crippen molar-refractivity contribution in [2.45, 2.75) is 24.2 Å². The maximum atomic E-state index is 10.8. The van der Waals surface area contributed by atoms with Crippen LogP contribution in [0.4, 0.5) is 0 Å². The van der Waals surface area contributed by atoms with Gasteiger partial charge >= 0.3 is 5.97 Å². The molecule has 0 unspecified atom stereocenters. The number of hydrogen-bond donors (Lipinski definition) is 1. The molecule has 17 heavy (non-hydrogen) atoms. The van der Waals surface area contributed by atoms with Gasteiger partial charge in [-0.2, -0.15) is 5.26 Å². The highest BCUT2D eigenvalue weighted by Gasteiger charge is 2.42. The van der Waals surface area contributed by atoms with Crippen LogP contribution in [0.15, 0.2) is 29.2 Å². The molecule has 0 heterocycles. The molecule has 2 rings (SSSR count). The van der Waals surface area contributed by atoms with Crippen molar-refractivity contribution in [2.24, 2.45) is 5.41 Å². The highest BCUT2D eigenvalue weighted by atomic mass is 32.2. The second kappa shape index (κ2) is 4.80. The van der Waals surface area contributed by atoms with Gasteiger partial charge in [0.2, 0.25) is 0 Å². The zero-order chi connectivity index (χ0) is 12.3. The Morgan fingerprint density at radius 2 is 2.29 bits per heavy atom. The first-order valence-electron chi connectivity index (χ1n) is 5.48. The summed E-state index contributed by atoms with van der Waals surface area (Å²) in [6.07, 6.45) is 2.84. The molecular weight excluding hydrogens is 234 g/mol. The minimum atomic E-state index is -0.898. The Morgan fingerprint density at radius 3 is 2.88 bits per heavy atom. The molecule has 1 aromatic rings. The fraction of sp³-hybridized carbons (Fsp3) is 0.385. The number of benzene rings is 1. The molecule has 88 valence electrons. The van der Waals surface area contributed by atoms with Gasteiger partial charge in [0, 0.05) is 17.1 Å². The first-order chi connectivity index (χ1) is 8.15. The third-order valence-corrected chi connectivity index (χ3v) is 4.38. The molecule has 0 amide bonds. The summed E-state index contributed by atoms with van der Waals surface area (Å²) in [6, 6.07) is 9.19. The van der Waals surface area contributed by atoms with E-state index in [4.69, 9.17) is 10.4 Å². The highest BCUT2D eigenvalue weighted by Crippen LogP contribution is 2.51. The Hall–Kier alpha value is -1.47. The number of thioether (sulfide) groups is 1. The number of aromatic carboxylic acids is 1. The van der Waals surface area contributed by atoms with E-state index in [-0.39, 0.29) is 5.41 Å². The summed E-state index contributed by atoms with van der Waals surface area (Å²) in [4.78, 5) is 11.8. The van der Waals surface area contributed by atoms with Gasteiger partial charge in [-0.3, -0.25) is 0 Å². The van der Waals surface area contributed by atoms with Crippen LogP contribution in [0.25, 0.3) is 0 Å². The Labute approximate surface area is 104 Å². The average Bonchev–Trinajstić information content (AvgIpc) is 3.08. The number of nitrogens with zero attached hydrogens (tertiary/aromatic N) is 1. The van der Waals surface area contributed by atoms with Crippen LogP contribution >= 0.6 is 11.8 Å². The van der Waals surface area contributed by atoms with Gasteiger partial charge < -0.3 is 5.11 Å². The second-order valence-electron chi connectivity index (χ2n) is 4.46. The molecule has 0 atom stereocenters. The molecule has 1 fully saturated rings. The zero-order valence-electron chi connectivity index (χ0n) is 9.35. The summed E-state index contributed by atoms with van der Waals surface area (Å²) in [5.74, 6) is 0.00880. The maximum absolute atomic E-state index is 10.8. The predicted molar refractivity (Wildman–Crippen MR) is 66.0 cm³/mol. The third-order valence-electron chi connectivity index (χ3n) is 3.04. The van der Waals surface area contributed by atoms with Crippen molar-refractivity contribution >= 4 is 17.7 Å². The van der Waals surface area contributed by atoms with E-state index >= 15 is 0 Å². The van der Waals surface area contributed by atoms with Crippen molar-refractivity contribution in [1.29, 1.82) is 5.26 Å². The van der Waals surface area contributed by atoms with Crippen LogP contribution in [0.3, 0.4) is 0 Å². The molecule has 0 spiro atoms. The molecule has 1 N–H and O–H groups in total. The van der Waals surface area contributed by atoms with Gasteiger partial charge in [0.25, 0.3) is 0 Å². The molecule has 0 radical (unpaired) electrons. The number of hydrogen-bond acceptors (Lipinski definition) is 3. The topological polar surface area (TPSA) is 61.1 Å². The lowest BCUT2D eigenvalue weighted by molar-refractivity contribution is 0.0696. The smallest absolute Gasteiger partial charge is 0.335 e. The summed E-state index contributed by atoms with van der Waals surface area (Å²) in [6.45, 7) is 0. The van der Waals surface area contributed by atoms with Gasteiger partial charge in [0.05, 0.1) is 11.6 Å². The summed E-state index contributed by atoms with van der Waals surface area (Å²) < 4.78 is 0. The van der Waals surface area contributed by atoms with Crippen molar-refractivity contribution in [3.05, 3.63) is 29.8 Å². The first-order valence-corrected chi connectivity index (χ1v) is 6.47. The molecule has 0 bridgehead atoms. The van der Waals surface area contributed by atoms with E-state index in [1.165, 1.54) is 0 Å². The van der Waals surface area contributed by atoms with Crippen molar-refractivity contribution in [3.63, 3.8) is 0 Å². The lowest BCUT2D eigenvalue weighted by Crippen LogP contribution is -2.02. The fourth-order valence-electron chi connectivity index (χ4n) is 1.67. The largest absolute Gasteiger partial charge is 0.478 e. The molecular formula is C13H13NO2S. The van der Waals surface area contributed by atoms with E-state index in [2.05, 4.69) is 6.07 Å². The highest BCUT2D eigenvalue weighted by molar-refractivity contribution is 7.99. The summed E-state index contributed by atoms with van der Waals surface area (Å²) >= 11 is 1.65. The van der Waals surface area contributed by atoms with E-state index < -0.39 is 5.97 Å². The molecule has 4 heteroatoms. The molecule has 0 saturated heterocycles. The molecule has 1 saturated carbocycles. The lowest BCUT2D eigenvalue weighted by atomic mass is 10.1. The number of carboxylic acids is 1. The Bertz CT molecular complexity index is 475. The van der Waals surface area contributed by atoms with E-state index in [1.54, 1.807) is 30.0 Å². The van der Waals surface area contributed by atoms with Crippen LogP contribution in [0, 0.1) is 16.7 Å². The maximum Gasteiger partial charge on any atom is 0.335 e. The second-order valence-corrected chi connectivity index (χ2v) is 5.51. The van der Waals surface area contributed by atoms with Gasteiger partial charge in [0.1, 0.15) is 0 Å². The molecule has 1 aliphatic rings. The number of carbonyl (C=O) groups is 1. The Morgan fingerprint density at radius 1 is 1.53 bits per heavy atom. The molecule has 1 aromatic carbocycles. The van der Waals surface area contributed by atoms with Crippen LogP contribution in [0.5, 0.6) is 0 Å². The lowest BCUT2D eigenvalue weighted by Gasteiger charge is -2.10. The number of nitriles is 1. The SMILES string of the molecule is N#CCC1(CSc2cccc(C(=O)O)c2)CC1. The van der Waals surface area contributed by atoms with E-state index in [0.29, 0.717) is 12.0 Å². The monoisotopic (exact) mass is 247 g/mol. The van der Waals surface area contributed by atoms with Gasteiger partial charge in [-0.1, -0.05) is 6.07 Å². The standard InChI is InChI=1S/C13H13NO2S/c14-7-6-13(4-5-13)9-17-11-3-1-2-10(8-11)12(15)16/h1-3,8H,4-6,9H2,(H,15,16). The first kappa shape index (κ1) is 12.0. The van der Waals surface area contributed by atoms with E-state index in [9.17, 15) is 4.79 Å². The Balaban J connectivity index is 1.98. The van der Waals surface area contributed by atoms with E-state index in [1.807, 2.05) is 6.07 Å². The van der Waals surface area contributed by atoms with Crippen molar-refractivity contribution < 1.29 is 9.90 Å². The molecule has 3 nitrogen and oxygen atoms in total. The average molecular weight is 247 g/mol. The van der Waals surface area contributed by atoms with Gasteiger partial charge in [-0.15, -0.1) is 11.8 Å². The summed E-state index contributed by atoms with van der Waals surface area (Å²) in [7, 11) is 0. The van der Waals surface area contributed by atoms with Gasteiger partial charge in [-0.05, 0) is 36.5 Å². The van der Waals surface area contributed by atoms with Gasteiger partial charge in [0.15, 0.2) is 0 Å². The predicted octanol–water partition coefficient (Wildman–Crippen LogP) is 3.17. The van der Waals surface area contributed by atoms with E-state index in [0.717, 1.165) is 23.5 Å². The van der Waals surface area contributed by atoms with Gasteiger partial charge in [-0.25, -0.2) is 4.79 Å². The molecule has 0 aromatic heterocycles. The van der Waals surface area contributed by atoms with Crippen molar-refractivity contribution in [3.8, 4) is 6.07 Å². The summed E-state index contributed by atoms with van der Waals surface area (Å²) in [5, 5.41) is 17.6. The number of carboxylic acid groups (broad SMARTS) is 1.